The summed E-state index contributed by atoms with van der Waals surface area (Å²) in [5, 5.41) is 1.26. The molecule has 70 heavy (non-hydrogen) atoms. The standard InChI is InChI=1S/C45H64F4N6O15/c1-2-7-55(45(57)36-30-35-3-5-51-33-39(35)53-40(50)31-36)69-11-8-54(58)34-52-6-10-60-13-15-62-17-19-64-21-23-66-25-27-68-29-28-67-26-24-65-22-20-63-18-16-61-14-12-59-9-4-41(56)70-44-42(48)37(46)32-38(47)43(44)49/h3,5-6,30,32-33H,2,4,7-29,31,34H2,1H3,(H-,50,53,57)/p+2/b52-6+. The number of benzene rings is 1. The van der Waals surface area contributed by atoms with Gasteiger partial charge in [0.25, 0.3) is 12.6 Å². The zero-order chi connectivity index (χ0) is 50.4. The average molecular weight is 1010 g/mol. The van der Waals surface area contributed by atoms with Gasteiger partial charge in [0.05, 0.1) is 139 Å². The average Bonchev–Trinajstić information content (AvgIpc) is 3.52. The molecule has 21 nitrogen and oxygen atoms in total. The first kappa shape index (κ1) is 59.4. The van der Waals surface area contributed by atoms with Crippen molar-refractivity contribution in [3.63, 3.8) is 0 Å². The number of pyridine rings is 1. The van der Waals surface area contributed by atoms with Crippen LogP contribution >= 0.6 is 0 Å². The molecule has 0 radical (unpaired) electrons. The minimum Gasteiger partial charge on any atom is -0.420 e. The third kappa shape index (κ3) is 26.3. The largest absolute Gasteiger partial charge is 0.420 e. The number of halogens is 4. The van der Waals surface area contributed by atoms with Crippen LogP contribution in [0.15, 0.2) is 40.1 Å². The van der Waals surface area contributed by atoms with Crippen LogP contribution < -0.4 is 15.5 Å². The monoisotopic (exact) mass is 1010 g/mol. The highest BCUT2D eigenvalue weighted by atomic mass is 19.2. The number of nitrogens with one attached hydrogen (secondary N) is 1. The van der Waals surface area contributed by atoms with Gasteiger partial charge in [0, 0.05) is 52.1 Å². The third-order valence-electron chi connectivity index (χ3n) is 9.00. The number of carbonyl (C=O) groups is 2. The van der Waals surface area contributed by atoms with Gasteiger partial charge in [-0.3, -0.25) is 14.4 Å². The molecule has 2 aromatic rings. The number of nitrogens with zero attached hydrogens (tertiary/aromatic N) is 4. The molecular weight excluding hydrogens is 941 g/mol. The minimum atomic E-state index is -1.80. The highest BCUT2D eigenvalue weighted by Crippen LogP contribution is 2.27. The first-order valence-electron chi connectivity index (χ1n) is 22.8. The number of ether oxygens (including phenoxy) is 11. The molecule has 0 fully saturated rings. The third-order valence-corrected chi connectivity index (χ3v) is 9.00. The molecule has 0 bridgehead atoms. The fourth-order valence-corrected chi connectivity index (χ4v) is 5.61. The van der Waals surface area contributed by atoms with Crippen molar-refractivity contribution in [2.24, 2.45) is 15.7 Å². The summed E-state index contributed by atoms with van der Waals surface area (Å²) < 4.78 is 113. The van der Waals surface area contributed by atoms with Crippen molar-refractivity contribution in [2.75, 3.05) is 159 Å². The number of aliphatic imine (C=N–C) groups is 2. The van der Waals surface area contributed by atoms with Gasteiger partial charge in [-0.15, -0.1) is 0 Å². The Hall–Kier alpha value is -4.93. The zero-order valence-electron chi connectivity index (χ0n) is 39.6. The number of H-pyrrole nitrogens is 1. The topological polar surface area (TPSA) is 233 Å². The van der Waals surface area contributed by atoms with Crippen molar-refractivity contribution >= 4 is 35.7 Å². The van der Waals surface area contributed by atoms with Crippen molar-refractivity contribution in [2.45, 2.75) is 26.2 Å². The first-order valence-corrected chi connectivity index (χ1v) is 22.8. The van der Waals surface area contributed by atoms with Crippen LogP contribution in [0.5, 0.6) is 5.75 Å². The van der Waals surface area contributed by atoms with Crippen LogP contribution in [0.1, 0.15) is 31.7 Å². The maximum Gasteiger partial charge on any atom is 0.313 e. The fraction of sp³-hybridized carbons (Fsp3) is 0.622. The predicted molar refractivity (Wildman–Crippen MR) is 241 cm³/mol. The summed E-state index contributed by atoms with van der Waals surface area (Å²) in [5.41, 5.74) is 7.89. The van der Waals surface area contributed by atoms with E-state index in [-0.39, 0.29) is 71.2 Å². The molecule has 0 spiro atoms. The van der Waals surface area contributed by atoms with Crippen LogP contribution in [0.3, 0.4) is 0 Å². The molecule has 392 valence electrons. The SMILES string of the molecule is CCCN(OCC[N+](=O)C/N=C/COCCOCCOCCOCCOCCOCCOCCOCCOCCOCCC(=O)Oc1c(F)c(F)cc(F)c1F)C(=O)C1=Cc2cc[nH+]cc2N=C(N)C1. The second-order valence-corrected chi connectivity index (χ2v) is 14.5. The molecule has 1 aromatic heterocycles. The molecule has 0 saturated heterocycles. The molecule has 2 heterocycles. The van der Waals surface area contributed by atoms with E-state index in [1.54, 1.807) is 18.5 Å². The number of carbonyl (C=O) groups excluding carboxylic acids is 2. The number of aromatic amines is 1. The van der Waals surface area contributed by atoms with Crippen LogP contribution in [0, 0.1) is 28.2 Å². The molecule has 0 saturated carbocycles. The molecule has 25 heteroatoms. The smallest absolute Gasteiger partial charge is 0.313 e. The lowest BCUT2D eigenvalue weighted by molar-refractivity contribution is -0.551. The molecule has 0 unspecified atom stereocenters. The summed E-state index contributed by atoms with van der Waals surface area (Å²) in [6.07, 6.45) is 7.15. The van der Waals surface area contributed by atoms with Gasteiger partial charge < -0.3 is 57.8 Å². The van der Waals surface area contributed by atoms with Gasteiger partial charge in [-0.1, -0.05) is 6.92 Å². The van der Waals surface area contributed by atoms with E-state index in [1.807, 2.05) is 13.0 Å². The van der Waals surface area contributed by atoms with E-state index in [9.17, 15) is 32.1 Å². The second-order valence-electron chi connectivity index (χ2n) is 14.5. The minimum absolute atomic E-state index is 0.00151. The highest BCUT2D eigenvalue weighted by molar-refractivity contribution is 6.05. The molecule has 1 aliphatic rings. The molecule has 0 aliphatic carbocycles. The van der Waals surface area contributed by atoms with E-state index < -0.39 is 41.4 Å². The van der Waals surface area contributed by atoms with E-state index in [0.717, 1.165) is 10.3 Å². The van der Waals surface area contributed by atoms with E-state index >= 15 is 0 Å². The van der Waals surface area contributed by atoms with E-state index in [2.05, 4.69) is 19.7 Å². The molecule has 0 atom stereocenters. The Kier molecular flexibility index (Phi) is 32.1. The van der Waals surface area contributed by atoms with E-state index in [0.29, 0.717) is 129 Å². The summed E-state index contributed by atoms with van der Waals surface area (Å²) in [4.78, 5) is 54.3. The van der Waals surface area contributed by atoms with Crippen LogP contribution in [0.2, 0.25) is 0 Å². The Morgan fingerprint density at radius 2 is 1.23 bits per heavy atom. The zero-order valence-corrected chi connectivity index (χ0v) is 39.6. The summed E-state index contributed by atoms with van der Waals surface area (Å²) in [7, 11) is 0. The lowest BCUT2D eigenvalue weighted by Crippen LogP contribution is -2.35. The normalized spacial score (nSPS) is 12.5. The van der Waals surface area contributed by atoms with Gasteiger partial charge in [-0.05, 0) is 12.5 Å². The van der Waals surface area contributed by atoms with Crippen molar-refractivity contribution in [3.05, 3.63) is 63.8 Å². The van der Waals surface area contributed by atoms with Crippen LogP contribution in [0.25, 0.3) is 6.08 Å². The van der Waals surface area contributed by atoms with Crippen LogP contribution in [-0.4, -0.2) is 192 Å². The highest BCUT2D eigenvalue weighted by Gasteiger charge is 2.25. The Morgan fingerprint density at radius 1 is 0.743 bits per heavy atom. The number of amides is 1. The lowest BCUT2D eigenvalue weighted by atomic mass is 10.1. The fourth-order valence-electron chi connectivity index (χ4n) is 5.61. The molecule has 3 N–H and O–H groups in total. The number of hydroxylamine groups is 2. The van der Waals surface area contributed by atoms with Crippen molar-refractivity contribution in [1.82, 2.24) is 5.06 Å². The van der Waals surface area contributed by atoms with Gasteiger partial charge in [0.2, 0.25) is 23.9 Å². The van der Waals surface area contributed by atoms with Gasteiger partial charge >= 0.3 is 5.97 Å². The summed E-state index contributed by atoms with van der Waals surface area (Å²) in [5.74, 6) is -9.55. The van der Waals surface area contributed by atoms with E-state index in [1.165, 1.54) is 11.3 Å². The van der Waals surface area contributed by atoms with Crippen LogP contribution in [-0.2, 0) is 61.8 Å². The summed E-state index contributed by atoms with van der Waals surface area (Å²) in [6.45, 7) is 8.70. The number of hydrogen-bond donors (Lipinski definition) is 1. The Labute approximate surface area is 404 Å². The van der Waals surface area contributed by atoms with Crippen molar-refractivity contribution in [3.8, 4) is 5.75 Å². The Bertz CT molecular complexity index is 1890. The van der Waals surface area contributed by atoms with Crippen LogP contribution in [0.4, 0.5) is 23.2 Å². The Balaban J connectivity index is 0.983. The molecule has 1 aliphatic heterocycles. The number of rotatable bonds is 42. The number of amidine groups is 1. The first-order chi connectivity index (χ1) is 34.1. The number of nitrogens with two attached hydrogens (primary N) is 1. The second kappa shape index (κ2) is 37.8. The number of nitroso groups, excluding NO2 is 1. The van der Waals surface area contributed by atoms with E-state index in [4.69, 9.17) is 57.9 Å². The number of hydrogen-bond acceptors (Lipinski definition) is 18. The maximum atomic E-state index is 13.6. The number of esters is 1. The molecule has 1 aromatic carbocycles. The van der Waals surface area contributed by atoms with Crippen molar-refractivity contribution in [1.29, 1.82) is 0 Å². The van der Waals surface area contributed by atoms with Gasteiger partial charge in [0.1, 0.15) is 18.1 Å². The predicted octanol–water partition coefficient (Wildman–Crippen LogP) is 2.97. The maximum absolute atomic E-state index is 13.6. The molecular formula is C45H66F4N6O15+2. The number of fused-ring (bicyclic) bond motifs is 1. The molecule has 3 rings (SSSR count). The van der Waals surface area contributed by atoms with Gasteiger partial charge in [0.15, 0.2) is 24.0 Å². The quantitative estimate of drug-likeness (QED) is 0.0147. The number of aromatic nitrogens is 1. The lowest BCUT2D eigenvalue weighted by Gasteiger charge is -2.21. The van der Waals surface area contributed by atoms with Gasteiger partial charge in [-0.2, -0.15) is 8.78 Å². The Morgan fingerprint density at radius 3 is 1.73 bits per heavy atom. The van der Waals surface area contributed by atoms with Gasteiger partial charge in [-0.25, -0.2) is 28.8 Å². The summed E-state index contributed by atoms with van der Waals surface area (Å²) >= 11 is 0. The molecule has 1 amide bonds. The van der Waals surface area contributed by atoms with Crippen molar-refractivity contribution < 1.29 is 93.8 Å². The summed E-state index contributed by atoms with van der Waals surface area (Å²) in [6, 6.07) is 1.83.